The highest BCUT2D eigenvalue weighted by Crippen LogP contribution is 2.37. The number of hydrogen-bond acceptors (Lipinski definition) is 2. The van der Waals surface area contributed by atoms with Crippen molar-refractivity contribution >= 4 is 0 Å². The van der Waals surface area contributed by atoms with E-state index in [0.29, 0.717) is 22.9 Å². The van der Waals surface area contributed by atoms with Gasteiger partial charge < -0.3 is 10.6 Å². The van der Waals surface area contributed by atoms with Crippen molar-refractivity contribution in [2.75, 3.05) is 13.6 Å². The van der Waals surface area contributed by atoms with Gasteiger partial charge in [0.2, 0.25) is 0 Å². The second kappa shape index (κ2) is 4.66. The van der Waals surface area contributed by atoms with Crippen LogP contribution in [0.15, 0.2) is 0 Å². The maximum atomic E-state index is 6.28. The normalized spacial score (nSPS) is 30.8. The Morgan fingerprint density at radius 3 is 2.38 bits per heavy atom. The molecule has 2 unspecified atom stereocenters. The lowest BCUT2D eigenvalue weighted by Crippen LogP contribution is -2.53. The average molecular weight is 226 g/mol. The highest BCUT2D eigenvalue weighted by molar-refractivity contribution is 4.92. The molecule has 96 valence electrons. The molecule has 2 heteroatoms. The Morgan fingerprint density at radius 1 is 1.31 bits per heavy atom. The first-order valence-electron chi connectivity index (χ1n) is 6.57. The topological polar surface area (TPSA) is 29.3 Å². The summed E-state index contributed by atoms with van der Waals surface area (Å²) < 4.78 is 0. The molecule has 0 amide bonds. The molecule has 1 aliphatic carbocycles. The molecule has 1 saturated carbocycles. The molecular weight excluding hydrogens is 196 g/mol. The molecule has 1 aliphatic rings. The summed E-state index contributed by atoms with van der Waals surface area (Å²) in [4.78, 5) is 2.48. The molecule has 0 saturated heterocycles. The number of nitrogens with zero attached hydrogens (tertiary/aromatic N) is 1. The second-order valence-corrected chi connectivity index (χ2v) is 7.61. The predicted octanol–water partition coefficient (Wildman–Crippen LogP) is 2.87. The van der Waals surface area contributed by atoms with Crippen molar-refractivity contribution in [2.45, 2.75) is 66.0 Å². The lowest BCUT2D eigenvalue weighted by Gasteiger charge is -2.45. The summed E-state index contributed by atoms with van der Waals surface area (Å²) in [6.45, 7) is 12.8. The summed E-state index contributed by atoms with van der Waals surface area (Å²) in [6.07, 6.45) is 3.68. The molecule has 0 spiro atoms. The first kappa shape index (κ1) is 14.0. The van der Waals surface area contributed by atoms with Crippen molar-refractivity contribution in [2.24, 2.45) is 16.6 Å². The second-order valence-electron chi connectivity index (χ2n) is 7.61. The van der Waals surface area contributed by atoms with E-state index in [4.69, 9.17) is 5.73 Å². The van der Waals surface area contributed by atoms with Gasteiger partial charge in [0.15, 0.2) is 0 Å². The quantitative estimate of drug-likeness (QED) is 0.784. The largest absolute Gasteiger partial charge is 0.326 e. The molecule has 2 nitrogen and oxygen atoms in total. The SMILES string of the molecule is CN(CC(C)(C)C)C1CC(C)(C)CCC1N. The predicted molar refractivity (Wildman–Crippen MR) is 71.5 cm³/mol. The third-order valence-corrected chi connectivity index (χ3v) is 3.70. The molecule has 2 atom stereocenters. The molecule has 1 fully saturated rings. The molecule has 0 aliphatic heterocycles. The molecule has 0 aromatic carbocycles. The molecule has 0 bridgehead atoms. The van der Waals surface area contributed by atoms with Crippen molar-refractivity contribution < 1.29 is 0 Å². The highest BCUT2D eigenvalue weighted by Gasteiger charge is 2.35. The summed E-state index contributed by atoms with van der Waals surface area (Å²) in [5.41, 5.74) is 7.10. The number of hydrogen-bond donors (Lipinski definition) is 1. The van der Waals surface area contributed by atoms with Crippen LogP contribution in [0.25, 0.3) is 0 Å². The average Bonchev–Trinajstić information content (AvgIpc) is 2.06. The van der Waals surface area contributed by atoms with Crippen LogP contribution >= 0.6 is 0 Å². The molecule has 0 aromatic heterocycles. The van der Waals surface area contributed by atoms with Crippen LogP contribution in [-0.2, 0) is 0 Å². The highest BCUT2D eigenvalue weighted by atomic mass is 15.2. The van der Waals surface area contributed by atoms with Crippen molar-refractivity contribution in [1.82, 2.24) is 4.90 Å². The van der Waals surface area contributed by atoms with Gasteiger partial charge in [0, 0.05) is 18.6 Å². The minimum absolute atomic E-state index is 0.357. The molecule has 1 rings (SSSR count). The Bertz CT molecular complexity index is 227. The van der Waals surface area contributed by atoms with Crippen molar-refractivity contribution in [3.63, 3.8) is 0 Å². The van der Waals surface area contributed by atoms with E-state index in [9.17, 15) is 0 Å². The van der Waals surface area contributed by atoms with Gasteiger partial charge in [-0.1, -0.05) is 34.6 Å². The number of nitrogens with two attached hydrogens (primary N) is 1. The zero-order valence-corrected chi connectivity index (χ0v) is 12.0. The van der Waals surface area contributed by atoms with Crippen LogP contribution in [0.2, 0.25) is 0 Å². The standard InChI is InChI=1S/C14H30N2/c1-13(2,3)10-16(6)12-9-14(4,5)8-7-11(12)15/h11-12H,7-10,15H2,1-6H3. The maximum absolute atomic E-state index is 6.28. The van der Waals surface area contributed by atoms with E-state index in [1.807, 2.05) is 0 Å². The zero-order chi connectivity index (χ0) is 12.6. The minimum Gasteiger partial charge on any atom is -0.326 e. The van der Waals surface area contributed by atoms with Gasteiger partial charge in [-0.25, -0.2) is 0 Å². The molecule has 0 aromatic rings. The monoisotopic (exact) mass is 226 g/mol. The first-order chi connectivity index (χ1) is 7.11. The maximum Gasteiger partial charge on any atom is 0.0249 e. The molecule has 0 heterocycles. The van der Waals surface area contributed by atoms with Gasteiger partial charge in [-0.05, 0) is 37.1 Å². The van der Waals surface area contributed by atoms with Crippen molar-refractivity contribution in [3.8, 4) is 0 Å². The summed E-state index contributed by atoms with van der Waals surface area (Å²) in [5, 5.41) is 0. The zero-order valence-electron chi connectivity index (χ0n) is 12.0. The molecule has 2 N–H and O–H groups in total. The molecular formula is C14H30N2. The van der Waals surface area contributed by atoms with Crippen molar-refractivity contribution in [1.29, 1.82) is 0 Å². The van der Waals surface area contributed by atoms with Gasteiger partial charge in [0.25, 0.3) is 0 Å². The fraction of sp³-hybridized carbons (Fsp3) is 1.00. The van der Waals surface area contributed by atoms with Crippen LogP contribution < -0.4 is 5.73 Å². The Labute approximate surface area is 102 Å². The Balaban J connectivity index is 2.62. The van der Waals surface area contributed by atoms with E-state index in [0.717, 1.165) is 6.54 Å². The Hall–Kier alpha value is -0.0800. The van der Waals surface area contributed by atoms with Crippen LogP contribution in [0.4, 0.5) is 0 Å². The fourth-order valence-corrected chi connectivity index (χ4v) is 2.92. The van der Waals surface area contributed by atoms with Crippen LogP contribution in [0, 0.1) is 10.8 Å². The van der Waals surface area contributed by atoms with Gasteiger partial charge in [-0.3, -0.25) is 0 Å². The number of rotatable bonds is 2. The van der Waals surface area contributed by atoms with E-state index in [2.05, 4.69) is 46.6 Å². The summed E-state index contributed by atoms with van der Waals surface area (Å²) in [7, 11) is 2.23. The first-order valence-corrected chi connectivity index (χ1v) is 6.57. The van der Waals surface area contributed by atoms with E-state index in [1.54, 1.807) is 0 Å². The third-order valence-electron chi connectivity index (χ3n) is 3.70. The fourth-order valence-electron chi connectivity index (χ4n) is 2.92. The van der Waals surface area contributed by atoms with Crippen LogP contribution in [-0.4, -0.2) is 30.6 Å². The smallest absolute Gasteiger partial charge is 0.0249 e. The lowest BCUT2D eigenvalue weighted by atomic mass is 9.72. The van der Waals surface area contributed by atoms with Gasteiger partial charge >= 0.3 is 0 Å². The van der Waals surface area contributed by atoms with Gasteiger partial charge in [0.05, 0.1) is 0 Å². The summed E-state index contributed by atoms with van der Waals surface area (Å²) >= 11 is 0. The third kappa shape index (κ3) is 4.06. The van der Waals surface area contributed by atoms with Crippen molar-refractivity contribution in [3.05, 3.63) is 0 Å². The summed E-state index contributed by atoms with van der Waals surface area (Å²) in [6, 6.07) is 0.920. The van der Waals surface area contributed by atoms with Crippen LogP contribution in [0.3, 0.4) is 0 Å². The van der Waals surface area contributed by atoms with E-state index in [-0.39, 0.29) is 0 Å². The van der Waals surface area contributed by atoms with Gasteiger partial charge in [-0.15, -0.1) is 0 Å². The lowest BCUT2D eigenvalue weighted by molar-refractivity contribution is 0.0738. The van der Waals surface area contributed by atoms with E-state index in [1.165, 1.54) is 19.3 Å². The Morgan fingerprint density at radius 2 is 1.88 bits per heavy atom. The van der Waals surface area contributed by atoms with Crippen LogP contribution in [0.1, 0.15) is 53.9 Å². The van der Waals surface area contributed by atoms with Crippen LogP contribution in [0.5, 0.6) is 0 Å². The molecule has 16 heavy (non-hydrogen) atoms. The van der Waals surface area contributed by atoms with Gasteiger partial charge in [0.1, 0.15) is 0 Å². The molecule has 0 radical (unpaired) electrons. The van der Waals surface area contributed by atoms with E-state index >= 15 is 0 Å². The van der Waals surface area contributed by atoms with E-state index < -0.39 is 0 Å². The van der Waals surface area contributed by atoms with Gasteiger partial charge in [-0.2, -0.15) is 0 Å². The Kier molecular flexibility index (Phi) is 4.07. The minimum atomic E-state index is 0.357. The number of likely N-dealkylation sites (N-methyl/N-ethyl adjacent to an activating group) is 1. The summed E-state index contributed by atoms with van der Waals surface area (Å²) in [5.74, 6) is 0.